The topological polar surface area (TPSA) is 92.7 Å². The second-order valence-corrected chi connectivity index (χ2v) is 4.76. The summed E-state index contributed by atoms with van der Waals surface area (Å²) < 4.78 is 30.9. The Morgan fingerprint density at radius 2 is 2.04 bits per heavy atom. The lowest BCUT2D eigenvalue weighted by Crippen LogP contribution is -2.41. The molecule has 0 bridgehead atoms. The molecular weight excluding hydrogens is 324 g/mol. The number of carboxylic acids is 1. The summed E-state index contributed by atoms with van der Waals surface area (Å²) in [7, 11) is 0. The zero-order chi connectivity index (χ0) is 18.1. The lowest BCUT2D eigenvalue weighted by Gasteiger charge is -2.13. The van der Waals surface area contributed by atoms with Gasteiger partial charge >= 0.3 is 11.9 Å². The molecule has 0 aliphatic heterocycles. The first-order valence-electron chi connectivity index (χ1n) is 7.12. The molecule has 1 aromatic rings. The summed E-state index contributed by atoms with van der Waals surface area (Å²) in [4.78, 5) is 34.0. The van der Waals surface area contributed by atoms with Gasteiger partial charge in [0.15, 0.2) is 0 Å². The number of nitrogens with one attached hydrogen (secondary N) is 1. The summed E-state index contributed by atoms with van der Waals surface area (Å²) in [5, 5.41) is 11.3. The monoisotopic (exact) mass is 341 g/mol. The Morgan fingerprint density at radius 1 is 1.33 bits per heavy atom. The van der Waals surface area contributed by atoms with Crippen LogP contribution in [-0.4, -0.2) is 35.6 Å². The van der Waals surface area contributed by atoms with E-state index in [2.05, 4.69) is 10.1 Å². The molecule has 0 saturated carbocycles. The fourth-order valence-corrected chi connectivity index (χ4v) is 1.80. The first-order valence-corrected chi connectivity index (χ1v) is 7.12. The average molecular weight is 341 g/mol. The van der Waals surface area contributed by atoms with Gasteiger partial charge in [-0.05, 0) is 25.0 Å². The summed E-state index contributed by atoms with van der Waals surface area (Å²) in [5.74, 6) is -4.33. The molecule has 0 aliphatic carbocycles. The van der Waals surface area contributed by atoms with E-state index >= 15 is 0 Å². The van der Waals surface area contributed by atoms with Crippen molar-refractivity contribution in [3.8, 4) is 0 Å². The number of esters is 1. The van der Waals surface area contributed by atoms with E-state index in [-0.39, 0.29) is 18.6 Å². The number of rotatable bonds is 8. The summed E-state index contributed by atoms with van der Waals surface area (Å²) >= 11 is 0. The molecule has 1 amide bonds. The summed E-state index contributed by atoms with van der Waals surface area (Å²) in [6.07, 6.45) is 1.74. The number of carbonyl (C=O) groups is 3. The Hall–Kier alpha value is -2.77. The van der Waals surface area contributed by atoms with Crippen LogP contribution in [0.3, 0.4) is 0 Å². The number of aliphatic carboxylic acids is 1. The number of benzene rings is 1. The van der Waals surface area contributed by atoms with Crippen LogP contribution in [0.2, 0.25) is 0 Å². The Bertz CT molecular complexity index is 645. The van der Waals surface area contributed by atoms with Crippen LogP contribution >= 0.6 is 0 Å². The molecule has 2 N–H and O–H groups in total. The zero-order valence-electron chi connectivity index (χ0n) is 12.9. The maximum Gasteiger partial charge on any atom is 0.330 e. The van der Waals surface area contributed by atoms with Gasteiger partial charge in [0.2, 0.25) is 5.91 Å². The number of carboxylic acid groups (broad SMARTS) is 1. The van der Waals surface area contributed by atoms with Crippen LogP contribution in [0.4, 0.5) is 8.78 Å². The van der Waals surface area contributed by atoms with E-state index in [9.17, 15) is 23.2 Å². The fraction of sp³-hybridized carbons (Fsp3) is 0.312. The number of ether oxygens (including phenoxy) is 1. The van der Waals surface area contributed by atoms with Gasteiger partial charge in [0.25, 0.3) is 0 Å². The quantitative estimate of drug-likeness (QED) is 0.553. The molecule has 0 saturated heterocycles. The Labute approximate surface area is 137 Å². The predicted octanol–water partition coefficient (Wildman–Crippen LogP) is 1.59. The standard InChI is InChI=1S/C16H17F2NO5/c1-2-24-15(21)5-3-4-13(16(22)23)19-14(20)8-10-6-7-11(17)9-12(10)18/h3,5-7,9,13H,2,4,8H2,1H3,(H,19,20)(H,22,23)/b5-3+/t13-/m0/s1. The molecule has 1 aromatic carbocycles. The molecule has 1 rings (SSSR count). The van der Waals surface area contributed by atoms with Crippen molar-refractivity contribution in [3.05, 3.63) is 47.5 Å². The summed E-state index contributed by atoms with van der Waals surface area (Å²) in [5.41, 5.74) is -0.0555. The van der Waals surface area contributed by atoms with E-state index in [1.807, 2.05) is 0 Å². The molecule has 8 heteroatoms. The van der Waals surface area contributed by atoms with Gasteiger partial charge in [0.05, 0.1) is 13.0 Å². The number of hydrogen-bond donors (Lipinski definition) is 2. The van der Waals surface area contributed by atoms with Gasteiger partial charge in [-0.1, -0.05) is 12.1 Å². The highest BCUT2D eigenvalue weighted by atomic mass is 19.1. The minimum Gasteiger partial charge on any atom is -0.480 e. The van der Waals surface area contributed by atoms with E-state index in [1.165, 1.54) is 6.08 Å². The third-order valence-electron chi connectivity index (χ3n) is 2.91. The van der Waals surface area contributed by atoms with Crippen molar-refractivity contribution < 1.29 is 33.0 Å². The number of amides is 1. The largest absolute Gasteiger partial charge is 0.480 e. The Kier molecular flexibility index (Phi) is 7.54. The van der Waals surface area contributed by atoms with Crippen molar-refractivity contribution in [2.75, 3.05) is 6.61 Å². The molecule has 0 radical (unpaired) electrons. The zero-order valence-corrected chi connectivity index (χ0v) is 12.9. The second kappa shape index (κ2) is 9.39. The fourth-order valence-electron chi connectivity index (χ4n) is 1.80. The predicted molar refractivity (Wildman–Crippen MR) is 80.0 cm³/mol. The number of carbonyl (C=O) groups excluding carboxylic acids is 2. The minimum atomic E-state index is -1.31. The SMILES string of the molecule is CCOC(=O)/C=C/C[C@H](NC(=O)Cc1ccc(F)cc1F)C(=O)O. The van der Waals surface area contributed by atoms with Crippen LogP contribution in [0.25, 0.3) is 0 Å². The van der Waals surface area contributed by atoms with E-state index in [4.69, 9.17) is 5.11 Å². The lowest BCUT2D eigenvalue weighted by molar-refractivity contribution is -0.141. The second-order valence-electron chi connectivity index (χ2n) is 4.76. The first kappa shape index (κ1) is 19.3. The highest BCUT2D eigenvalue weighted by molar-refractivity contribution is 5.85. The van der Waals surface area contributed by atoms with Gasteiger partial charge in [-0.25, -0.2) is 18.4 Å². The third kappa shape index (κ3) is 6.55. The minimum absolute atomic E-state index is 0.0555. The maximum absolute atomic E-state index is 13.5. The maximum atomic E-state index is 13.5. The molecule has 1 atom stereocenters. The summed E-state index contributed by atoms with van der Waals surface area (Å²) in [6, 6.07) is 1.47. The Balaban J connectivity index is 2.62. The van der Waals surface area contributed by atoms with Gasteiger partial charge in [0.1, 0.15) is 17.7 Å². The van der Waals surface area contributed by atoms with Gasteiger partial charge in [-0.2, -0.15) is 0 Å². The van der Waals surface area contributed by atoms with Crippen molar-refractivity contribution >= 4 is 17.8 Å². The van der Waals surface area contributed by atoms with Crippen molar-refractivity contribution in [2.45, 2.75) is 25.8 Å². The molecule has 0 fully saturated rings. The van der Waals surface area contributed by atoms with Crippen molar-refractivity contribution in [1.82, 2.24) is 5.32 Å². The Morgan fingerprint density at radius 3 is 2.62 bits per heavy atom. The van der Waals surface area contributed by atoms with Crippen molar-refractivity contribution in [1.29, 1.82) is 0 Å². The van der Waals surface area contributed by atoms with Gasteiger partial charge < -0.3 is 15.2 Å². The van der Waals surface area contributed by atoms with Crippen LogP contribution < -0.4 is 5.32 Å². The van der Waals surface area contributed by atoms with E-state index in [1.54, 1.807) is 6.92 Å². The van der Waals surface area contributed by atoms with Crippen LogP contribution in [-0.2, 0) is 25.5 Å². The molecule has 0 aliphatic rings. The number of halogens is 2. The van der Waals surface area contributed by atoms with E-state index in [0.29, 0.717) is 6.07 Å². The van der Waals surface area contributed by atoms with E-state index in [0.717, 1.165) is 18.2 Å². The van der Waals surface area contributed by atoms with Crippen molar-refractivity contribution in [3.63, 3.8) is 0 Å². The molecular formula is C16H17F2NO5. The van der Waals surface area contributed by atoms with Gasteiger partial charge in [-0.3, -0.25) is 4.79 Å². The normalized spacial score (nSPS) is 12.0. The highest BCUT2D eigenvalue weighted by Gasteiger charge is 2.19. The molecule has 0 aromatic heterocycles. The highest BCUT2D eigenvalue weighted by Crippen LogP contribution is 2.10. The first-order chi connectivity index (χ1) is 11.3. The van der Waals surface area contributed by atoms with E-state index < -0.39 is 41.9 Å². The molecule has 0 spiro atoms. The molecule has 0 heterocycles. The third-order valence-corrected chi connectivity index (χ3v) is 2.91. The van der Waals surface area contributed by atoms with Crippen LogP contribution in [0, 0.1) is 11.6 Å². The summed E-state index contributed by atoms with van der Waals surface area (Å²) in [6.45, 7) is 1.81. The van der Waals surface area contributed by atoms with Crippen LogP contribution in [0.1, 0.15) is 18.9 Å². The smallest absolute Gasteiger partial charge is 0.330 e. The van der Waals surface area contributed by atoms with Crippen LogP contribution in [0.5, 0.6) is 0 Å². The lowest BCUT2D eigenvalue weighted by atomic mass is 10.1. The van der Waals surface area contributed by atoms with Crippen molar-refractivity contribution in [2.24, 2.45) is 0 Å². The molecule has 130 valence electrons. The van der Waals surface area contributed by atoms with Gasteiger partial charge in [0, 0.05) is 12.1 Å². The average Bonchev–Trinajstić information content (AvgIpc) is 2.49. The van der Waals surface area contributed by atoms with Gasteiger partial charge in [-0.15, -0.1) is 0 Å². The molecule has 6 nitrogen and oxygen atoms in total. The molecule has 24 heavy (non-hydrogen) atoms. The molecule has 0 unspecified atom stereocenters. The van der Waals surface area contributed by atoms with Crippen LogP contribution in [0.15, 0.2) is 30.4 Å². The number of hydrogen-bond acceptors (Lipinski definition) is 4.